The second-order valence-electron chi connectivity index (χ2n) is 5.86. The number of amides is 1. The highest BCUT2D eigenvalue weighted by atomic mass is 16.5. The van der Waals surface area contributed by atoms with Gasteiger partial charge in [-0.15, -0.1) is 0 Å². The summed E-state index contributed by atoms with van der Waals surface area (Å²) in [4.78, 5) is 18.5. The van der Waals surface area contributed by atoms with Gasteiger partial charge in [-0.1, -0.05) is 0 Å². The van der Waals surface area contributed by atoms with E-state index in [0.717, 1.165) is 44.8 Å². The zero-order chi connectivity index (χ0) is 15.8. The Labute approximate surface area is 132 Å². The highest BCUT2D eigenvalue weighted by Crippen LogP contribution is 2.11. The minimum atomic E-state index is -0.0748. The van der Waals surface area contributed by atoms with E-state index in [0.29, 0.717) is 12.1 Å². The Bertz CT molecular complexity index is 473. The molecule has 6 nitrogen and oxygen atoms in total. The summed E-state index contributed by atoms with van der Waals surface area (Å²) in [6.45, 7) is 3.24. The molecule has 1 aromatic heterocycles. The minimum Gasteiger partial charge on any atom is -0.376 e. The summed E-state index contributed by atoms with van der Waals surface area (Å²) in [5, 5.41) is 6.17. The molecule has 122 valence electrons. The number of hydrogen-bond acceptors (Lipinski definition) is 5. The molecular weight excluding hydrogens is 280 g/mol. The summed E-state index contributed by atoms with van der Waals surface area (Å²) in [5.74, 6) is 0.665. The van der Waals surface area contributed by atoms with E-state index in [-0.39, 0.29) is 12.0 Å². The van der Waals surface area contributed by atoms with Crippen molar-refractivity contribution in [1.29, 1.82) is 0 Å². The van der Waals surface area contributed by atoms with Crippen molar-refractivity contribution < 1.29 is 9.53 Å². The van der Waals surface area contributed by atoms with Crippen LogP contribution in [0.3, 0.4) is 0 Å². The molecule has 6 heteroatoms. The van der Waals surface area contributed by atoms with Gasteiger partial charge in [-0.25, -0.2) is 4.98 Å². The molecule has 2 heterocycles. The molecule has 1 atom stereocenters. The summed E-state index contributed by atoms with van der Waals surface area (Å²) in [6.07, 6.45) is 4.96. The number of rotatable bonds is 8. The number of nitrogens with one attached hydrogen (secondary N) is 2. The fourth-order valence-electron chi connectivity index (χ4n) is 2.39. The number of pyridine rings is 1. The smallest absolute Gasteiger partial charge is 0.251 e. The molecule has 22 heavy (non-hydrogen) atoms. The Hall–Kier alpha value is -1.66. The van der Waals surface area contributed by atoms with Crippen molar-refractivity contribution in [3.05, 3.63) is 23.9 Å². The predicted molar refractivity (Wildman–Crippen MR) is 87.2 cm³/mol. The van der Waals surface area contributed by atoms with E-state index < -0.39 is 0 Å². The first-order valence-corrected chi connectivity index (χ1v) is 7.89. The molecule has 2 N–H and O–H groups in total. The minimum absolute atomic E-state index is 0.0748. The van der Waals surface area contributed by atoms with E-state index in [4.69, 9.17) is 4.74 Å². The van der Waals surface area contributed by atoms with Crippen LogP contribution in [0.4, 0.5) is 5.82 Å². The van der Waals surface area contributed by atoms with E-state index >= 15 is 0 Å². The quantitative estimate of drug-likeness (QED) is 0.710. The monoisotopic (exact) mass is 306 g/mol. The number of carbonyl (C=O) groups excluding carboxylic acids is 1. The number of aromatic nitrogens is 1. The van der Waals surface area contributed by atoms with Gasteiger partial charge in [0, 0.05) is 31.5 Å². The average Bonchev–Trinajstić information content (AvgIpc) is 3.03. The van der Waals surface area contributed by atoms with Crippen molar-refractivity contribution in [2.75, 3.05) is 45.7 Å². The second kappa shape index (κ2) is 8.70. The SMILES string of the molecule is CN(C)CCCNc1cc(C(=O)NCC2CCCO2)ccn1. The van der Waals surface area contributed by atoms with E-state index in [1.54, 1.807) is 18.3 Å². The van der Waals surface area contributed by atoms with Crippen molar-refractivity contribution in [2.24, 2.45) is 0 Å². The number of ether oxygens (including phenoxy) is 1. The first kappa shape index (κ1) is 16.7. The van der Waals surface area contributed by atoms with E-state index in [1.165, 1.54) is 0 Å². The lowest BCUT2D eigenvalue weighted by molar-refractivity contribution is 0.0857. The fraction of sp³-hybridized carbons (Fsp3) is 0.625. The van der Waals surface area contributed by atoms with E-state index in [2.05, 4.69) is 34.6 Å². The summed E-state index contributed by atoms with van der Waals surface area (Å²) >= 11 is 0. The van der Waals surface area contributed by atoms with Gasteiger partial charge in [0.05, 0.1) is 6.10 Å². The van der Waals surface area contributed by atoms with Crippen LogP contribution in [0.2, 0.25) is 0 Å². The van der Waals surface area contributed by atoms with E-state index in [9.17, 15) is 4.79 Å². The van der Waals surface area contributed by atoms with E-state index in [1.807, 2.05) is 0 Å². The molecule has 1 unspecified atom stereocenters. The average molecular weight is 306 g/mol. The Balaban J connectivity index is 1.77. The third kappa shape index (κ3) is 5.61. The van der Waals surface area contributed by atoms with Gasteiger partial charge in [0.2, 0.25) is 0 Å². The Kier molecular flexibility index (Phi) is 6.61. The van der Waals surface area contributed by atoms with Crippen molar-refractivity contribution in [3.8, 4) is 0 Å². The molecule has 0 aliphatic carbocycles. The molecular formula is C16H26N4O2. The third-order valence-electron chi connectivity index (χ3n) is 3.62. The van der Waals surface area contributed by atoms with Crippen LogP contribution in [-0.2, 0) is 4.74 Å². The van der Waals surface area contributed by atoms with Crippen molar-refractivity contribution in [2.45, 2.75) is 25.4 Å². The molecule has 1 aromatic rings. The number of anilines is 1. The summed E-state index contributed by atoms with van der Waals surface area (Å²) < 4.78 is 5.50. The predicted octanol–water partition coefficient (Wildman–Crippen LogP) is 1.35. The Morgan fingerprint density at radius 1 is 1.50 bits per heavy atom. The maximum Gasteiger partial charge on any atom is 0.251 e. The van der Waals surface area contributed by atoms with Crippen molar-refractivity contribution in [3.63, 3.8) is 0 Å². The lowest BCUT2D eigenvalue weighted by atomic mass is 10.2. The van der Waals surface area contributed by atoms with Crippen LogP contribution < -0.4 is 10.6 Å². The first-order chi connectivity index (χ1) is 10.6. The fourth-order valence-corrected chi connectivity index (χ4v) is 2.39. The normalized spacial score (nSPS) is 17.7. The first-order valence-electron chi connectivity index (χ1n) is 7.89. The molecule has 0 radical (unpaired) electrons. The highest BCUT2D eigenvalue weighted by Gasteiger charge is 2.16. The van der Waals surface area contributed by atoms with Gasteiger partial charge in [-0.05, 0) is 52.0 Å². The topological polar surface area (TPSA) is 66.5 Å². The number of nitrogens with zero attached hydrogens (tertiary/aromatic N) is 2. The van der Waals surface area contributed by atoms with Crippen LogP contribution in [0.5, 0.6) is 0 Å². The van der Waals surface area contributed by atoms with Crippen LogP contribution in [0.15, 0.2) is 18.3 Å². The zero-order valence-corrected chi connectivity index (χ0v) is 13.5. The second-order valence-corrected chi connectivity index (χ2v) is 5.86. The molecule has 1 fully saturated rings. The third-order valence-corrected chi connectivity index (χ3v) is 3.62. The van der Waals surface area contributed by atoms with Gasteiger partial charge < -0.3 is 20.3 Å². The molecule has 0 aromatic carbocycles. The molecule has 1 aliphatic rings. The van der Waals surface area contributed by atoms with Crippen LogP contribution >= 0.6 is 0 Å². The van der Waals surface area contributed by atoms with Gasteiger partial charge in [-0.3, -0.25) is 4.79 Å². The largest absolute Gasteiger partial charge is 0.376 e. The van der Waals surface area contributed by atoms with Gasteiger partial charge in [0.15, 0.2) is 0 Å². The van der Waals surface area contributed by atoms with Crippen molar-refractivity contribution in [1.82, 2.24) is 15.2 Å². The lowest BCUT2D eigenvalue weighted by Gasteiger charge is -2.12. The lowest BCUT2D eigenvalue weighted by Crippen LogP contribution is -2.31. The molecule has 0 bridgehead atoms. The Morgan fingerprint density at radius 3 is 3.09 bits per heavy atom. The molecule has 1 saturated heterocycles. The van der Waals surface area contributed by atoms with Crippen LogP contribution in [0, 0.1) is 0 Å². The maximum atomic E-state index is 12.1. The molecule has 1 aliphatic heterocycles. The standard InChI is InChI=1S/C16H26N4O2/c1-20(2)9-4-7-17-15-11-13(6-8-18-15)16(21)19-12-14-5-3-10-22-14/h6,8,11,14H,3-5,7,9-10,12H2,1-2H3,(H,17,18)(H,19,21). The number of carbonyl (C=O) groups is 1. The number of hydrogen-bond donors (Lipinski definition) is 2. The zero-order valence-electron chi connectivity index (χ0n) is 13.5. The van der Waals surface area contributed by atoms with Gasteiger partial charge in [0.25, 0.3) is 5.91 Å². The molecule has 0 saturated carbocycles. The summed E-state index contributed by atoms with van der Waals surface area (Å²) in [5.41, 5.74) is 0.628. The summed E-state index contributed by atoms with van der Waals surface area (Å²) in [7, 11) is 4.11. The Morgan fingerprint density at radius 2 is 2.36 bits per heavy atom. The molecule has 0 spiro atoms. The molecule has 2 rings (SSSR count). The van der Waals surface area contributed by atoms with Gasteiger partial charge in [-0.2, -0.15) is 0 Å². The van der Waals surface area contributed by atoms with Gasteiger partial charge >= 0.3 is 0 Å². The van der Waals surface area contributed by atoms with Crippen molar-refractivity contribution >= 4 is 11.7 Å². The van der Waals surface area contributed by atoms with Crippen LogP contribution in [0.25, 0.3) is 0 Å². The highest BCUT2D eigenvalue weighted by molar-refractivity contribution is 5.94. The summed E-state index contributed by atoms with van der Waals surface area (Å²) in [6, 6.07) is 3.52. The maximum absolute atomic E-state index is 12.1. The van der Waals surface area contributed by atoms with Gasteiger partial charge in [0.1, 0.15) is 5.82 Å². The molecule has 1 amide bonds. The van der Waals surface area contributed by atoms with Crippen LogP contribution in [-0.4, -0.2) is 62.2 Å². The van der Waals surface area contributed by atoms with Crippen LogP contribution in [0.1, 0.15) is 29.6 Å².